The molecule has 1 heterocycles. The van der Waals surface area contributed by atoms with Crippen LogP contribution in [0.3, 0.4) is 0 Å². The van der Waals surface area contributed by atoms with Gasteiger partial charge in [0.05, 0.1) is 12.5 Å². The number of ether oxygens (including phenoxy) is 1. The minimum atomic E-state index is -3.38. The molecule has 9 heteroatoms. The molecular formula is C14H13N3O5S. The zero-order valence-corrected chi connectivity index (χ0v) is 12.9. The van der Waals surface area contributed by atoms with Crippen LogP contribution in [0.1, 0.15) is 20.8 Å². The van der Waals surface area contributed by atoms with Crippen molar-refractivity contribution in [3.05, 3.63) is 54.1 Å². The highest BCUT2D eigenvalue weighted by molar-refractivity contribution is 7.92. The topological polar surface area (TPSA) is 115 Å². The number of Topliss-reactive ketones (excluding diaryl/α,β-unsaturated/α-hetero) is 1. The molecule has 8 nitrogen and oxygen atoms in total. The van der Waals surface area contributed by atoms with Crippen molar-refractivity contribution in [3.8, 4) is 0 Å². The first-order valence-corrected chi connectivity index (χ1v) is 8.28. The number of hydrogen-bond acceptors (Lipinski definition) is 7. The standard InChI is InChI=1S/C14H13N3O5S/c1-23(20,21)17-11-4-2-10(3-5-11)13(18)9-22-14(19)12-8-15-6-7-16-12/h2-8,17H,9H2,1H3. The molecule has 23 heavy (non-hydrogen) atoms. The molecule has 1 aromatic carbocycles. The molecule has 1 aromatic heterocycles. The summed E-state index contributed by atoms with van der Waals surface area (Å²) in [5.74, 6) is -1.17. The number of ketones is 1. The molecule has 1 N–H and O–H groups in total. The van der Waals surface area contributed by atoms with Crippen molar-refractivity contribution in [2.45, 2.75) is 0 Å². The van der Waals surface area contributed by atoms with Gasteiger partial charge in [0.25, 0.3) is 0 Å². The van der Waals surface area contributed by atoms with Gasteiger partial charge in [0.15, 0.2) is 18.1 Å². The van der Waals surface area contributed by atoms with Gasteiger partial charge in [-0.15, -0.1) is 0 Å². The Morgan fingerprint density at radius 2 is 1.87 bits per heavy atom. The molecule has 0 aliphatic heterocycles. The molecule has 0 aliphatic rings. The number of esters is 1. The molecule has 0 saturated carbocycles. The van der Waals surface area contributed by atoms with Crippen LogP contribution in [0.4, 0.5) is 5.69 Å². The third kappa shape index (κ3) is 5.15. The van der Waals surface area contributed by atoms with E-state index < -0.39 is 28.4 Å². The van der Waals surface area contributed by atoms with Gasteiger partial charge in [-0.2, -0.15) is 0 Å². The maximum Gasteiger partial charge on any atom is 0.358 e. The average molecular weight is 335 g/mol. The number of nitrogens with one attached hydrogen (secondary N) is 1. The fourth-order valence-electron chi connectivity index (χ4n) is 1.63. The number of nitrogens with zero attached hydrogens (tertiary/aromatic N) is 2. The number of carbonyl (C=O) groups excluding carboxylic acids is 2. The monoisotopic (exact) mass is 335 g/mol. The Bertz CT molecular complexity index is 804. The van der Waals surface area contributed by atoms with Gasteiger partial charge < -0.3 is 4.74 Å². The molecule has 0 saturated heterocycles. The summed E-state index contributed by atoms with van der Waals surface area (Å²) < 4.78 is 29.3. The van der Waals surface area contributed by atoms with Gasteiger partial charge in [0.2, 0.25) is 10.0 Å². The molecular weight excluding hydrogens is 322 g/mol. The van der Waals surface area contributed by atoms with E-state index in [1.54, 1.807) is 0 Å². The third-order valence-corrected chi connectivity index (χ3v) is 3.22. The Morgan fingerprint density at radius 1 is 1.17 bits per heavy atom. The van der Waals surface area contributed by atoms with Crippen molar-refractivity contribution < 1.29 is 22.7 Å². The van der Waals surface area contributed by atoms with E-state index in [1.165, 1.54) is 42.9 Å². The Labute approximate surface area is 132 Å². The highest BCUT2D eigenvalue weighted by Crippen LogP contribution is 2.11. The van der Waals surface area contributed by atoms with Crippen LogP contribution in [0.25, 0.3) is 0 Å². The minimum Gasteiger partial charge on any atom is -0.453 e. The number of aromatic nitrogens is 2. The summed E-state index contributed by atoms with van der Waals surface area (Å²) in [7, 11) is -3.38. The van der Waals surface area contributed by atoms with E-state index in [0.717, 1.165) is 6.26 Å². The van der Waals surface area contributed by atoms with Gasteiger partial charge >= 0.3 is 5.97 Å². The number of benzene rings is 1. The Balaban J connectivity index is 1.95. The van der Waals surface area contributed by atoms with E-state index in [-0.39, 0.29) is 11.3 Å². The lowest BCUT2D eigenvalue weighted by Gasteiger charge is -2.06. The lowest BCUT2D eigenvalue weighted by Crippen LogP contribution is -2.15. The third-order valence-electron chi connectivity index (χ3n) is 2.62. The first-order valence-electron chi connectivity index (χ1n) is 6.39. The lowest BCUT2D eigenvalue weighted by atomic mass is 10.1. The number of hydrogen-bond donors (Lipinski definition) is 1. The summed E-state index contributed by atoms with van der Waals surface area (Å²) >= 11 is 0. The van der Waals surface area contributed by atoms with E-state index in [1.807, 2.05) is 0 Å². The molecule has 2 aromatic rings. The minimum absolute atomic E-state index is 0.00741. The van der Waals surface area contributed by atoms with Crippen molar-refractivity contribution in [1.29, 1.82) is 0 Å². The highest BCUT2D eigenvalue weighted by atomic mass is 32.2. The van der Waals surface area contributed by atoms with Crippen LogP contribution < -0.4 is 4.72 Å². The van der Waals surface area contributed by atoms with Gasteiger partial charge in [0.1, 0.15) is 0 Å². The summed E-state index contributed by atoms with van der Waals surface area (Å²) in [4.78, 5) is 31.0. The average Bonchev–Trinajstić information content (AvgIpc) is 2.52. The Morgan fingerprint density at radius 3 is 2.43 bits per heavy atom. The molecule has 0 spiro atoms. The SMILES string of the molecule is CS(=O)(=O)Nc1ccc(C(=O)COC(=O)c2cnccn2)cc1. The molecule has 0 fully saturated rings. The van der Waals surface area contributed by atoms with Gasteiger partial charge in [-0.1, -0.05) is 0 Å². The van der Waals surface area contributed by atoms with Crippen LogP contribution in [0.2, 0.25) is 0 Å². The summed E-state index contributed by atoms with van der Waals surface area (Å²) in [6, 6.07) is 5.76. The largest absolute Gasteiger partial charge is 0.453 e. The van der Waals surface area contributed by atoms with Crippen LogP contribution in [0, 0.1) is 0 Å². The van der Waals surface area contributed by atoms with Crippen LogP contribution in [-0.4, -0.2) is 43.0 Å². The smallest absolute Gasteiger partial charge is 0.358 e. The number of sulfonamides is 1. The lowest BCUT2D eigenvalue weighted by molar-refractivity contribution is 0.0468. The second-order valence-corrected chi connectivity index (χ2v) is 6.29. The zero-order chi connectivity index (χ0) is 16.9. The van der Waals surface area contributed by atoms with Crippen LogP contribution >= 0.6 is 0 Å². The zero-order valence-electron chi connectivity index (χ0n) is 12.1. The first kappa shape index (κ1) is 16.6. The molecule has 0 aliphatic carbocycles. The van der Waals surface area contributed by atoms with Crippen LogP contribution in [-0.2, 0) is 14.8 Å². The molecule has 0 atom stereocenters. The number of rotatable bonds is 6. The summed E-state index contributed by atoms with van der Waals surface area (Å²) in [6.45, 7) is -0.450. The maximum absolute atomic E-state index is 11.9. The van der Waals surface area contributed by atoms with E-state index in [9.17, 15) is 18.0 Å². The number of carbonyl (C=O) groups is 2. The fourth-order valence-corrected chi connectivity index (χ4v) is 2.20. The molecule has 120 valence electrons. The quantitative estimate of drug-likeness (QED) is 0.615. The predicted octanol–water partition coefficient (Wildman–Crippen LogP) is 0.888. The van der Waals surface area contributed by atoms with E-state index in [0.29, 0.717) is 5.69 Å². The van der Waals surface area contributed by atoms with Gasteiger partial charge in [0, 0.05) is 23.6 Å². The van der Waals surface area contributed by atoms with Gasteiger partial charge in [-0.3, -0.25) is 14.5 Å². The van der Waals surface area contributed by atoms with E-state index in [2.05, 4.69) is 14.7 Å². The number of anilines is 1. The summed E-state index contributed by atoms with van der Waals surface area (Å²) in [6.07, 6.45) is 5.01. The van der Waals surface area contributed by atoms with Crippen molar-refractivity contribution in [3.63, 3.8) is 0 Å². The maximum atomic E-state index is 11.9. The van der Waals surface area contributed by atoms with Gasteiger partial charge in [-0.25, -0.2) is 18.2 Å². The predicted molar refractivity (Wildman–Crippen MR) is 81.6 cm³/mol. The molecule has 0 unspecified atom stereocenters. The highest BCUT2D eigenvalue weighted by Gasteiger charge is 2.13. The van der Waals surface area contributed by atoms with E-state index >= 15 is 0 Å². The first-order chi connectivity index (χ1) is 10.8. The second-order valence-electron chi connectivity index (χ2n) is 4.54. The summed E-state index contributed by atoms with van der Waals surface area (Å²) in [5.41, 5.74) is 0.629. The molecule has 0 amide bonds. The van der Waals surface area contributed by atoms with E-state index in [4.69, 9.17) is 4.74 Å². The Kier molecular flexibility index (Phi) is 5.02. The van der Waals surface area contributed by atoms with Crippen molar-refractivity contribution in [2.75, 3.05) is 17.6 Å². The van der Waals surface area contributed by atoms with Crippen molar-refractivity contribution in [1.82, 2.24) is 9.97 Å². The summed E-state index contributed by atoms with van der Waals surface area (Å²) in [5, 5.41) is 0. The van der Waals surface area contributed by atoms with Gasteiger partial charge in [-0.05, 0) is 24.3 Å². The normalized spacial score (nSPS) is 10.8. The van der Waals surface area contributed by atoms with Crippen molar-refractivity contribution in [2.24, 2.45) is 0 Å². The fraction of sp³-hybridized carbons (Fsp3) is 0.143. The Hall–Kier alpha value is -2.81. The molecule has 0 radical (unpaired) electrons. The molecule has 2 rings (SSSR count). The molecule has 0 bridgehead atoms. The van der Waals surface area contributed by atoms with Crippen molar-refractivity contribution >= 4 is 27.5 Å². The van der Waals surface area contributed by atoms with Crippen LogP contribution in [0.15, 0.2) is 42.9 Å². The second kappa shape index (κ2) is 6.97. The van der Waals surface area contributed by atoms with Crippen LogP contribution in [0.5, 0.6) is 0 Å².